The molecule has 1 aliphatic rings. The predicted molar refractivity (Wildman–Crippen MR) is 65.9 cm³/mol. The van der Waals surface area contributed by atoms with E-state index in [0.717, 1.165) is 25.3 Å². The van der Waals surface area contributed by atoms with Gasteiger partial charge in [0.1, 0.15) is 0 Å². The molecular formula is C11H19N3OS. The van der Waals surface area contributed by atoms with Gasteiger partial charge < -0.3 is 10.1 Å². The highest BCUT2D eigenvalue weighted by Crippen LogP contribution is 2.28. The van der Waals surface area contributed by atoms with E-state index in [2.05, 4.69) is 16.5 Å². The fraction of sp³-hybridized carbons (Fsp3) is 0.727. The van der Waals surface area contributed by atoms with Crippen molar-refractivity contribution in [2.24, 2.45) is 7.05 Å². The molecule has 0 spiro atoms. The van der Waals surface area contributed by atoms with Gasteiger partial charge in [-0.25, -0.2) is 0 Å². The largest absolute Gasteiger partial charge is 0.380 e. The van der Waals surface area contributed by atoms with Crippen molar-refractivity contribution < 1.29 is 4.74 Å². The fourth-order valence-electron chi connectivity index (χ4n) is 2.01. The molecule has 1 N–H and O–H groups in total. The molecule has 4 nitrogen and oxygen atoms in total. The lowest BCUT2D eigenvalue weighted by Crippen LogP contribution is -2.43. The molecule has 2 rings (SSSR count). The monoisotopic (exact) mass is 241 g/mol. The number of nitrogens with zero attached hydrogens (tertiary/aromatic N) is 2. The van der Waals surface area contributed by atoms with Gasteiger partial charge in [-0.05, 0) is 26.5 Å². The minimum atomic E-state index is 0.480. The summed E-state index contributed by atoms with van der Waals surface area (Å²) < 4.78 is 7.49. The van der Waals surface area contributed by atoms with Crippen molar-refractivity contribution in [3.05, 3.63) is 11.8 Å². The Labute approximate surface area is 101 Å². The summed E-state index contributed by atoms with van der Waals surface area (Å²) in [4.78, 5) is 0. The summed E-state index contributed by atoms with van der Waals surface area (Å²) >= 11 is 1.86. The average molecular weight is 241 g/mol. The first kappa shape index (κ1) is 12.0. The molecule has 2 atom stereocenters. The normalized spacial score (nSPS) is 25.9. The van der Waals surface area contributed by atoms with Gasteiger partial charge >= 0.3 is 0 Å². The topological polar surface area (TPSA) is 39.1 Å². The van der Waals surface area contributed by atoms with E-state index < -0.39 is 0 Å². The van der Waals surface area contributed by atoms with Crippen LogP contribution in [-0.4, -0.2) is 41.3 Å². The highest BCUT2D eigenvalue weighted by molar-refractivity contribution is 8.00. The number of rotatable bonds is 3. The maximum Gasteiger partial charge on any atom is 0.0943 e. The van der Waals surface area contributed by atoms with Gasteiger partial charge in [0.2, 0.25) is 0 Å². The quantitative estimate of drug-likeness (QED) is 0.863. The van der Waals surface area contributed by atoms with Crippen molar-refractivity contribution in [2.75, 3.05) is 20.3 Å². The first-order chi connectivity index (χ1) is 7.70. The van der Waals surface area contributed by atoms with Crippen LogP contribution in [0.5, 0.6) is 0 Å². The predicted octanol–water partition coefficient (Wildman–Crippen LogP) is 1.20. The number of hydrogen-bond acceptors (Lipinski definition) is 4. The van der Waals surface area contributed by atoms with Gasteiger partial charge in [0.25, 0.3) is 0 Å². The Morgan fingerprint density at radius 3 is 3.06 bits per heavy atom. The second-order valence-corrected chi connectivity index (χ2v) is 5.42. The lowest BCUT2D eigenvalue weighted by atomic mass is 10.1. The third kappa shape index (κ3) is 2.59. The minimum Gasteiger partial charge on any atom is -0.380 e. The van der Waals surface area contributed by atoms with Gasteiger partial charge in [0, 0.05) is 24.9 Å². The zero-order valence-electron chi connectivity index (χ0n) is 10.1. The molecule has 0 saturated carbocycles. The highest BCUT2D eigenvalue weighted by Gasteiger charge is 2.26. The Morgan fingerprint density at radius 2 is 2.44 bits per heavy atom. The van der Waals surface area contributed by atoms with Crippen LogP contribution >= 0.6 is 11.8 Å². The van der Waals surface area contributed by atoms with E-state index in [1.54, 1.807) is 0 Å². The number of nitrogens with one attached hydrogen (secondary N) is 1. The molecule has 1 saturated heterocycles. The highest BCUT2D eigenvalue weighted by atomic mass is 32.2. The Morgan fingerprint density at radius 1 is 1.62 bits per heavy atom. The molecule has 0 aliphatic carbocycles. The van der Waals surface area contributed by atoms with Crippen LogP contribution in [0.2, 0.25) is 0 Å². The number of hydrogen-bond donors (Lipinski definition) is 1. The van der Waals surface area contributed by atoms with Crippen molar-refractivity contribution in [1.82, 2.24) is 15.1 Å². The average Bonchev–Trinajstić information content (AvgIpc) is 2.58. The van der Waals surface area contributed by atoms with Gasteiger partial charge in [-0.15, -0.1) is 0 Å². The van der Waals surface area contributed by atoms with Crippen LogP contribution in [0.25, 0.3) is 0 Å². The van der Waals surface area contributed by atoms with Gasteiger partial charge in [0.05, 0.1) is 17.3 Å². The van der Waals surface area contributed by atoms with Gasteiger partial charge in [-0.1, -0.05) is 11.8 Å². The summed E-state index contributed by atoms with van der Waals surface area (Å²) in [5, 5.41) is 9.43. The van der Waals surface area contributed by atoms with Crippen molar-refractivity contribution in [1.29, 1.82) is 0 Å². The molecular weight excluding hydrogens is 222 g/mol. The molecule has 1 aromatic rings. The Bertz CT molecular complexity index is 353. The third-order valence-electron chi connectivity index (χ3n) is 2.91. The van der Waals surface area contributed by atoms with Crippen LogP contribution in [0, 0.1) is 6.92 Å². The summed E-state index contributed by atoms with van der Waals surface area (Å²) in [7, 11) is 4.02. The van der Waals surface area contributed by atoms with Crippen LogP contribution in [-0.2, 0) is 11.8 Å². The lowest BCUT2D eigenvalue weighted by Gasteiger charge is -2.30. The second kappa shape index (κ2) is 5.21. The van der Waals surface area contributed by atoms with Crippen molar-refractivity contribution in [2.45, 2.75) is 29.7 Å². The minimum absolute atomic E-state index is 0.480. The second-order valence-electron chi connectivity index (χ2n) is 4.16. The van der Waals surface area contributed by atoms with Crippen LogP contribution in [0.15, 0.2) is 11.1 Å². The summed E-state index contributed by atoms with van der Waals surface area (Å²) in [6, 6.07) is 2.67. The Hall–Kier alpha value is -0.520. The summed E-state index contributed by atoms with van der Waals surface area (Å²) in [6.07, 6.45) is 1.09. The third-order valence-corrected chi connectivity index (χ3v) is 4.30. The molecule has 1 aliphatic heterocycles. The van der Waals surface area contributed by atoms with Crippen molar-refractivity contribution in [3.63, 3.8) is 0 Å². The molecule has 2 heterocycles. The SMILES string of the molecule is CNC1CCOCC1Sc1cc(C)nn1C. The van der Waals surface area contributed by atoms with E-state index in [4.69, 9.17) is 4.74 Å². The van der Waals surface area contributed by atoms with E-state index in [1.807, 2.05) is 37.5 Å². The van der Waals surface area contributed by atoms with Gasteiger partial charge in [-0.2, -0.15) is 5.10 Å². The zero-order valence-corrected chi connectivity index (χ0v) is 10.9. The molecule has 0 amide bonds. The Balaban J connectivity index is 2.04. The van der Waals surface area contributed by atoms with E-state index in [1.165, 1.54) is 5.03 Å². The van der Waals surface area contributed by atoms with Gasteiger partial charge in [-0.3, -0.25) is 4.68 Å². The molecule has 1 aromatic heterocycles. The lowest BCUT2D eigenvalue weighted by molar-refractivity contribution is 0.0850. The standard InChI is InChI=1S/C11H19N3OS/c1-8-6-11(14(3)13-8)16-10-7-15-5-4-9(10)12-2/h6,9-10,12H,4-5,7H2,1-3H3. The Kier molecular flexibility index (Phi) is 3.89. The molecule has 16 heavy (non-hydrogen) atoms. The molecule has 1 fully saturated rings. The van der Waals surface area contributed by atoms with Crippen LogP contribution in [0.4, 0.5) is 0 Å². The van der Waals surface area contributed by atoms with Crippen LogP contribution in [0.3, 0.4) is 0 Å². The molecule has 0 aromatic carbocycles. The van der Waals surface area contributed by atoms with E-state index in [-0.39, 0.29) is 0 Å². The van der Waals surface area contributed by atoms with E-state index in [9.17, 15) is 0 Å². The fourth-order valence-corrected chi connectivity index (χ4v) is 3.35. The summed E-state index contributed by atoms with van der Waals surface area (Å²) in [5.74, 6) is 0. The molecule has 2 unspecified atom stereocenters. The number of aromatic nitrogens is 2. The summed E-state index contributed by atoms with van der Waals surface area (Å²) in [5.41, 5.74) is 1.07. The smallest absolute Gasteiger partial charge is 0.0943 e. The van der Waals surface area contributed by atoms with Crippen molar-refractivity contribution in [3.8, 4) is 0 Å². The summed E-state index contributed by atoms with van der Waals surface area (Å²) in [6.45, 7) is 3.71. The first-order valence-electron chi connectivity index (χ1n) is 5.63. The number of thioether (sulfide) groups is 1. The zero-order chi connectivity index (χ0) is 11.5. The van der Waals surface area contributed by atoms with E-state index in [0.29, 0.717) is 11.3 Å². The first-order valence-corrected chi connectivity index (χ1v) is 6.51. The van der Waals surface area contributed by atoms with E-state index >= 15 is 0 Å². The maximum absolute atomic E-state index is 5.54. The van der Waals surface area contributed by atoms with Gasteiger partial charge in [0.15, 0.2) is 0 Å². The van der Waals surface area contributed by atoms with Crippen LogP contribution < -0.4 is 5.32 Å². The number of ether oxygens (including phenoxy) is 1. The molecule has 5 heteroatoms. The molecule has 0 bridgehead atoms. The van der Waals surface area contributed by atoms with Crippen molar-refractivity contribution >= 4 is 11.8 Å². The molecule has 90 valence electrons. The molecule has 0 radical (unpaired) electrons. The number of aryl methyl sites for hydroxylation is 2. The maximum atomic E-state index is 5.54. The van der Waals surface area contributed by atoms with Crippen LogP contribution in [0.1, 0.15) is 12.1 Å².